The minimum Gasteiger partial charge on any atom is -0.385 e. The summed E-state index contributed by atoms with van der Waals surface area (Å²) in [7, 11) is 0. The summed E-state index contributed by atoms with van der Waals surface area (Å²) in [4.78, 5) is 4.24. The maximum Gasteiger partial charge on any atom is 0.0901 e. The highest BCUT2D eigenvalue weighted by Gasteiger charge is 2.25. The fourth-order valence-electron chi connectivity index (χ4n) is 2.28. The van der Waals surface area contributed by atoms with Crippen molar-refractivity contribution < 1.29 is 5.11 Å². The monoisotopic (exact) mass is 258 g/mol. The number of nitrogens with zero attached hydrogens (tertiary/aromatic N) is 1. The van der Waals surface area contributed by atoms with Crippen LogP contribution >= 0.6 is 0 Å². The largest absolute Gasteiger partial charge is 0.385 e. The number of hydrogen-bond donors (Lipinski definition) is 2. The summed E-state index contributed by atoms with van der Waals surface area (Å²) in [6.45, 7) is 6.86. The van der Waals surface area contributed by atoms with Crippen molar-refractivity contribution in [1.29, 1.82) is 0 Å². The Hall–Kier alpha value is -1.45. The summed E-state index contributed by atoms with van der Waals surface area (Å²) in [5.74, 6) is 0. The Balaban J connectivity index is 2.27. The van der Waals surface area contributed by atoms with Crippen molar-refractivity contribution in [3.8, 4) is 0 Å². The zero-order valence-electron chi connectivity index (χ0n) is 11.9. The SMILES string of the molecule is CC(C)NCCC(C)(O)c1cncc2ccccc12. The maximum absolute atomic E-state index is 10.7. The lowest BCUT2D eigenvalue weighted by molar-refractivity contribution is 0.0487. The minimum atomic E-state index is -0.865. The van der Waals surface area contributed by atoms with Gasteiger partial charge in [0.2, 0.25) is 0 Å². The lowest BCUT2D eigenvalue weighted by Crippen LogP contribution is -2.31. The third-order valence-electron chi connectivity index (χ3n) is 3.41. The second kappa shape index (κ2) is 5.68. The molecular formula is C16H22N2O. The molecule has 0 aliphatic rings. The summed E-state index contributed by atoms with van der Waals surface area (Å²) in [6.07, 6.45) is 4.28. The molecule has 2 aromatic rings. The molecule has 0 aliphatic heterocycles. The van der Waals surface area contributed by atoms with Crippen molar-refractivity contribution in [1.82, 2.24) is 10.3 Å². The summed E-state index contributed by atoms with van der Waals surface area (Å²) in [5, 5.41) is 16.2. The molecule has 3 nitrogen and oxygen atoms in total. The number of pyridine rings is 1. The van der Waals surface area contributed by atoms with Crippen LogP contribution < -0.4 is 5.32 Å². The molecule has 2 rings (SSSR count). The zero-order chi connectivity index (χ0) is 13.9. The number of nitrogens with one attached hydrogen (secondary N) is 1. The number of aliphatic hydroxyl groups is 1. The fraction of sp³-hybridized carbons (Fsp3) is 0.438. The summed E-state index contributed by atoms with van der Waals surface area (Å²) >= 11 is 0. The van der Waals surface area contributed by atoms with Gasteiger partial charge in [-0.1, -0.05) is 38.1 Å². The van der Waals surface area contributed by atoms with E-state index in [4.69, 9.17) is 0 Å². The highest BCUT2D eigenvalue weighted by Crippen LogP contribution is 2.29. The molecule has 1 unspecified atom stereocenters. The van der Waals surface area contributed by atoms with Gasteiger partial charge in [-0.3, -0.25) is 4.98 Å². The molecule has 3 heteroatoms. The van der Waals surface area contributed by atoms with Gasteiger partial charge >= 0.3 is 0 Å². The summed E-state index contributed by atoms with van der Waals surface area (Å²) in [6, 6.07) is 8.48. The molecule has 0 bridgehead atoms. The van der Waals surface area contributed by atoms with Crippen LogP contribution in [0, 0.1) is 0 Å². The third kappa shape index (κ3) is 3.31. The molecule has 0 amide bonds. The first-order valence-electron chi connectivity index (χ1n) is 6.80. The van der Waals surface area contributed by atoms with Crippen LogP contribution in [0.15, 0.2) is 36.7 Å². The Kier molecular flexibility index (Phi) is 4.17. The molecule has 1 atom stereocenters. The van der Waals surface area contributed by atoms with E-state index in [1.54, 1.807) is 6.20 Å². The molecule has 0 spiro atoms. The van der Waals surface area contributed by atoms with Crippen LogP contribution in [0.4, 0.5) is 0 Å². The Morgan fingerprint density at radius 3 is 2.74 bits per heavy atom. The van der Waals surface area contributed by atoms with Gasteiger partial charge in [-0.2, -0.15) is 0 Å². The first-order chi connectivity index (χ1) is 9.00. The van der Waals surface area contributed by atoms with E-state index in [0.29, 0.717) is 12.5 Å². The standard InChI is InChI=1S/C16H22N2O/c1-12(2)18-9-8-16(3,19)15-11-17-10-13-6-4-5-7-14(13)15/h4-7,10-12,18-19H,8-9H2,1-3H3. The quantitative estimate of drug-likeness (QED) is 0.867. The van der Waals surface area contributed by atoms with Gasteiger partial charge in [0.15, 0.2) is 0 Å². The van der Waals surface area contributed by atoms with Gasteiger partial charge in [-0.25, -0.2) is 0 Å². The second-order valence-corrected chi connectivity index (χ2v) is 5.54. The number of benzene rings is 1. The van der Waals surface area contributed by atoms with Gasteiger partial charge in [-0.05, 0) is 25.3 Å². The molecule has 19 heavy (non-hydrogen) atoms. The highest BCUT2D eigenvalue weighted by atomic mass is 16.3. The van der Waals surface area contributed by atoms with E-state index in [2.05, 4.69) is 24.1 Å². The van der Waals surface area contributed by atoms with Gasteiger partial charge in [0.1, 0.15) is 0 Å². The number of hydrogen-bond acceptors (Lipinski definition) is 3. The van der Waals surface area contributed by atoms with Crippen molar-refractivity contribution >= 4 is 10.8 Å². The van der Waals surface area contributed by atoms with Gasteiger partial charge < -0.3 is 10.4 Å². The van der Waals surface area contributed by atoms with E-state index >= 15 is 0 Å². The van der Waals surface area contributed by atoms with E-state index < -0.39 is 5.60 Å². The number of rotatable bonds is 5. The normalized spacial score (nSPS) is 14.8. The molecule has 0 radical (unpaired) electrons. The third-order valence-corrected chi connectivity index (χ3v) is 3.41. The molecule has 0 saturated carbocycles. The van der Waals surface area contributed by atoms with Crippen LogP contribution in [-0.4, -0.2) is 22.7 Å². The van der Waals surface area contributed by atoms with Gasteiger partial charge in [0, 0.05) is 29.4 Å². The first-order valence-corrected chi connectivity index (χ1v) is 6.80. The topological polar surface area (TPSA) is 45.1 Å². The maximum atomic E-state index is 10.7. The van der Waals surface area contributed by atoms with Crippen LogP contribution in [0.25, 0.3) is 10.8 Å². The van der Waals surface area contributed by atoms with Crippen molar-refractivity contribution in [2.45, 2.75) is 38.8 Å². The Bertz CT molecular complexity index is 544. The van der Waals surface area contributed by atoms with Crippen LogP contribution in [0.1, 0.15) is 32.8 Å². The molecule has 1 heterocycles. The van der Waals surface area contributed by atoms with E-state index in [9.17, 15) is 5.11 Å². The Labute approximate surface area is 114 Å². The predicted molar refractivity (Wildman–Crippen MR) is 79.1 cm³/mol. The Morgan fingerprint density at radius 2 is 2.00 bits per heavy atom. The van der Waals surface area contributed by atoms with E-state index in [-0.39, 0.29) is 0 Å². The fourth-order valence-corrected chi connectivity index (χ4v) is 2.28. The van der Waals surface area contributed by atoms with Gasteiger partial charge in [-0.15, -0.1) is 0 Å². The molecule has 0 saturated heterocycles. The van der Waals surface area contributed by atoms with Crippen molar-refractivity contribution in [3.63, 3.8) is 0 Å². The van der Waals surface area contributed by atoms with Crippen LogP contribution in [0.3, 0.4) is 0 Å². The van der Waals surface area contributed by atoms with Crippen molar-refractivity contribution in [2.75, 3.05) is 6.54 Å². The number of fused-ring (bicyclic) bond motifs is 1. The zero-order valence-corrected chi connectivity index (χ0v) is 11.9. The second-order valence-electron chi connectivity index (χ2n) is 5.54. The molecule has 102 valence electrons. The first kappa shape index (κ1) is 14.0. The van der Waals surface area contributed by atoms with E-state index in [0.717, 1.165) is 22.9 Å². The average Bonchev–Trinajstić information content (AvgIpc) is 2.37. The summed E-state index contributed by atoms with van der Waals surface area (Å²) in [5.41, 5.74) is 0.0339. The highest BCUT2D eigenvalue weighted by molar-refractivity contribution is 5.85. The minimum absolute atomic E-state index is 0.432. The van der Waals surface area contributed by atoms with Crippen molar-refractivity contribution in [2.24, 2.45) is 0 Å². The summed E-state index contributed by atoms with van der Waals surface area (Å²) < 4.78 is 0. The lowest BCUT2D eigenvalue weighted by Gasteiger charge is -2.25. The smallest absolute Gasteiger partial charge is 0.0901 e. The molecule has 1 aromatic carbocycles. The molecule has 1 aromatic heterocycles. The van der Waals surface area contributed by atoms with Crippen LogP contribution in [-0.2, 0) is 5.60 Å². The van der Waals surface area contributed by atoms with Gasteiger partial charge in [0.05, 0.1) is 5.60 Å². The molecule has 0 aliphatic carbocycles. The number of aromatic nitrogens is 1. The van der Waals surface area contributed by atoms with Crippen molar-refractivity contribution in [3.05, 3.63) is 42.2 Å². The molecule has 2 N–H and O–H groups in total. The lowest BCUT2D eigenvalue weighted by atomic mass is 9.90. The van der Waals surface area contributed by atoms with Crippen LogP contribution in [0.2, 0.25) is 0 Å². The van der Waals surface area contributed by atoms with E-state index in [1.165, 1.54) is 0 Å². The Morgan fingerprint density at radius 1 is 1.26 bits per heavy atom. The molecule has 0 fully saturated rings. The molecular weight excluding hydrogens is 236 g/mol. The predicted octanol–water partition coefficient (Wildman–Crippen LogP) is 2.83. The average molecular weight is 258 g/mol. The van der Waals surface area contributed by atoms with Gasteiger partial charge in [0.25, 0.3) is 0 Å². The van der Waals surface area contributed by atoms with E-state index in [1.807, 2.05) is 37.4 Å². The van der Waals surface area contributed by atoms with Crippen LogP contribution in [0.5, 0.6) is 0 Å².